The van der Waals surface area contributed by atoms with Crippen molar-refractivity contribution < 1.29 is 23.0 Å². The summed E-state index contributed by atoms with van der Waals surface area (Å²) in [6, 6.07) is 9.28. The SMILES string of the molecule is CCOc1ccc(C(=O)NC2CCN(Cc3ccc(F)c(F)c3)CC2)cc1OCC. The summed E-state index contributed by atoms with van der Waals surface area (Å²) < 4.78 is 37.6. The van der Waals surface area contributed by atoms with Crippen molar-refractivity contribution in [1.29, 1.82) is 0 Å². The number of piperidine rings is 1. The van der Waals surface area contributed by atoms with Crippen LogP contribution in [0, 0.1) is 11.6 Å². The molecular formula is C23H28F2N2O3. The van der Waals surface area contributed by atoms with Gasteiger partial charge in [-0.3, -0.25) is 9.69 Å². The van der Waals surface area contributed by atoms with E-state index >= 15 is 0 Å². The summed E-state index contributed by atoms with van der Waals surface area (Å²) in [5.41, 5.74) is 1.28. The van der Waals surface area contributed by atoms with E-state index in [2.05, 4.69) is 10.2 Å². The summed E-state index contributed by atoms with van der Waals surface area (Å²) in [4.78, 5) is 14.9. The topological polar surface area (TPSA) is 50.8 Å². The number of nitrogens with zero attached hydrogens (tertiary/aromatic N) is 1. The molecule has 1 aliphatic heterocycles. The van der Waals surface area contributed by atoms with Gasteiger partial charge in [-0.2, -0.15) is 0 Å². The predicted octanol–water partition coefficient (Wildman–Crippen LogP) is 4.16. The molecule has 2 aromatic rings. The molecule has 1 aliphatic rings. The first kappa shape index (κ1) is 22.0. The lowest BCUT2D eigenvalue weighted by atomic mass is 10.0. The van der Waals surface area contributed by atoms with E-state index in [9.17, 15) is 13.6 Å². The molecule has 1 amide bonds. The van der Waals surface area contributed by atoms with Crippen LogP contribution in [0.2, 0.25) is 0 Å². The zero-order chi connectivity index (χ0) is 21.5. The molecule has 3 rings (SSSR count). The van der Waals surface area contributed by atoms with Crippen LogP contribution in [0.1, 0.15) is 42.6 Å². The highest BCUT2D eigenvalue weighted by Crippen LogP contribution is 2.28. The van der Waals surface area contributed by atoms with E-state index in [4.69, 9.17) is 9.47 Å². The van der Waals surface area contributed by atoms with Crippen LogP contribution in [-0.2, 0) is 6.54 Å². The summed E-state index contributed by atoms with van der Waals surface area (Å²) in [6.45, 7) is 6.91. The quantitative estimate of drug-likeness (QED) is 0.700. The molecule has 0 unspecified atom stereocenters. The summed E-state index contributed by atoms with van der Waals surface area (Å²) in [6.07, 6.45) is 1.59. The van der Waals surface area contributed by atoms with E-state index < -0.39 is 11.6 Å². The van der Waals surface area contributed by atoms with Crippen LogP contribution < -0.4 is 14.8 Å². The van der Waals surface area contributed by atoms with Gasteiger partial charge in [0.05, 0.1) is 13.2 Å². The van der Waals surface area contributed by atoms with Crippen LogP contribution in [0.3, 0.4) is 0 Å². The van der Waals surface area contributed by atoms with Crippen LogP contribution in [0.4, 0.5) is 8.78 Å². The minimum absolute atomic E-state index is 0.0702. The fourth-order valence-corrected chi connectivity index (χ4v) is 3.59. The zero-order valence-corrected chi connectivity index (χ0v) is 17.4. The molecule has 5 nitrogen and oxygen atoms in total. The van der Waals surface area contributed by atoms with E-state index in [0.717, 1.165) is 37.6 Å². The van der Waals surface area contributed by atoms with Gasteiger partial charge in [-0.25, -0.2) is 8.78 Å². The minimum Gasteiger partial charge on any atom is -0.490 e. The van der Waals surface area contributed by atoms with Gasteiger partial charge in [-0.05, 0) is 62.6 Å². The maximum Gasteiger partial charge on any atom is 0.251 e. The number of carbonyl (C=O) groups is 1. The molecule has 162 valence electrons. The molecule has 2 aromatic carbocycles. The third-order valence-corrected chi connectivity index (χ3v) is 5.12. The molecule has 0 aromatic heterocycles. The van der Waals surface area contributed by atoms with E-state index in [-0.39, 0.29) is 11.9 Å². The summed E-state index contributed by atoms with van der Waals surface area (Å²) in [5, 5.41) is 3.09. The maximum absolute atomic E-state index is 13.4. The van der Waals surface area contributed by atoms with E-state index in [1.807, 2.05) is 13.8 Å². The molecule has 0 saturated carbocycles. The van der Waals surface area contributed by atoms with Crippen molar-refractivity contribution in [2.75, 3.05) is 26.3 Å². The van der Waals surface area contributed by atoms with Gasteiger partial charge in [-0.15, -0.1) is 0 Å². The van der Waals surface area contributed by atoms with Crippen molar-refractivity contribution >= 4 is 5.91 Å². The first-order valence-corrected chi connectivity index (χ1v) is 10.4. The molecule has 0 bridgehead atoms. The van der Waals surface area contributed by atoms with E-state index in [1.54, 1.807) is 24.3 Å². The Labute approximate surface area is 176 Å². The van der Waals surface area contributed by atoms with Crippen LogP contribution in [-0.4, -0.2) is 43.2 Å². The number of hydrogen-bond acceptors (Lipinski definition) is 4. The van der Waals surface area contributed by atoms with Crippen molar-refractivity contribution in [3.05, 3.63) is 59.2 Å². The Morgan fingerprint density at radius 3 is 2.37 bits per heavy atom. The monoisotopic (exact) mass is 418 g/mol. The van der Waals surface area contributed by atoms with Crippen molar-refractivity contribution in [2.24, 2.45) is 0 Å². The van der Waals surface area contributed by atoms with Gasteiger partial charge in [0.15, 0.2) is 23.1 Å². The van der Waals surface area contributed by atoms with Gasteiger partial charge in [0.1, 0.15) is 0 Å². The molecule has 30 heavy (non-hydrogen) atoms. The number of halogens is 2. The lowest BCUT2D eigenvalue weighted by Gasteiger charge is -2.32. The van der Waals surface area contributed by atoms with Crippen molar-refractivity contribution in [1.82, 2.24) is 10.2 Å². The number of ether oxygens (including phenoxy) is 2. The second-order valence-corrected chi connectivity index (χ2v) is 7.30. The van der Waals surface area contributed by atoms with Crippen LogP contribution >= 0.6 is 0 Å². The highest BCUT2D eigenvalue weighted by Gasteiger charge is 2.22. The van der Waals surface area contributed by atoms with Gasteiger partial charge < -0.3 is 14.8 Å². The Morgan fingerprint density at radius 1 is 1.00 bits per heavy atom. The summed E-state index contributed by atoms with van der Waals surface area (Å²) in [5.74, 6) is -0.605. The second-order valence-electron chi connectivity index (χ2n) is 7.30. The lowest BCUT2D eigenvalue weighted by molar-refractivity contribution is 0.0908. The van der Waals surface area contributed by atoms with Gasteiger partial charge >= 0.3 is 0 Å². The van der Waals surface area contributed by atoms with Crippen molar-refractivity contribution in [2.45, 2.75) is 39.3 Å². The number of amides is 1. The number of nitrogens with one attached hydrogen (secondary N) is 1. The second kappa shape index (κ2) is 10.4. The number of rotatable bonds is 8. The van der Waals surface area contributed by atoms with Crippen LogP contribution in [0.25, 0.3) is 0 Å². The summed E-state index contributed by atoms with van der Waals surface area (Å²) in [7, 11) is 0. The van der Waals surface area contributed by atoms with Crippen molar-refractivity contribution in [3.8, 4) is 11.5 Å². The van der Waals surface area contributed by atoms with Gasteiger partial charge in [0.25, 0.3) is 5.91 Å². The first-order chi connectivity index (χ1) is 14.5. The zero-order valence-electron chi connectivity index (χ0n) is 17.4. The third kappa shape index (κ3) is 5.69. The number of likely N-dealkylation sites (tertiary alicyclic amines) is 1. The molecule has 1 heterocycles. The molecule has 0 aliphatic carbocycles. The molecule has 0 radical (unpaired) electrons. The van der Waals surface area contributed by atoms with Crippen LogP contribution in [0.15, 0.2) is 36.4 Å². The Morgan fingerprint density at radius 2 is 1.70 bits per heavy atom. The molecular weight excluding hydrogens is 390 g/mol. The highest BCUT2D eigenvalue weighted by molar-refractivity contribution is 5.95. The van der Waals surface area contributed by atoms with Crippen molar-refractivity contribution in [3.63, 3.8) is 0 Å². The predicted molar refractivity (Wildman–Crippen MR) is 111 cm³/mol. The molecule has 1 fully saturated rings. The molecule has 1 saturated heterocycles. The molecule has 0 atom stereocenters. The first-order valence-electron chi connectivity index (χ1n) is 10.4. The fourth-order valence-electron chi connectivity index (χ4n) is 3.59. The smallest absolute Gasteiger partial charge is 0.251 e. The Balaban J connectivity index is 1.53. The van der Waals surface area contributed by atoms with Gasteiger partial charge in [0.2, 0.25) is 0 Å². The fraction of sp³-hybridized carbons (Fsp3) is 0.435. The van der Waals surface area contributed by atoms with Crippen LogP contribution in [0.5, 0.6) is 11.5 Å². The largest absolute Gasteiger partial charge is 0.490 e. The van der Waals surface area contributed by atoms with E-state index in [0.29, 0.717) is 36.8 Å². The van der Waals surface area contributed by atoms with Gasteiger partial charge in [-0.1, -0.05) is 6.07 Å². The Kier molecular flexibility index (Phi) is 7.63. The molecule has 0 spiro atoms. The molecule has 7 heteroatoms. The number of hydrogen-bond donors (Lipinski definition) is 1. The number of carbonyl (C=O) groups excluding carboxylic acids is 1. The van der Waals surface area contributed by atoms with Gasteiger partial charge in [0, 0.05) is 31.2 Å². The highest BCUT2D eigenvalue weighted by atomic mass is 19.2. The standard InChI is InChI=1S/C23H28F2N2O3/c1-3-29-21-8-6-17(14-22(21)30-4-2)23(28)26-18-9-11-27(12-10-18)15-16-5-7-19(24)20(25)13-16/h5-8,13-14,18H,3-4,9-12,15H2,1-2H3,(H,26,28). The Hall–Kier alpha value is -2.67. The Bertz CT molecular complexity index is 868. The average molecular weight is 418 g/mol. The summed E-state index contributed by atoms with van der Waals surface area (Å²) >= 11 is 0. The molecule has 1 N–H and O–H groups in total. The number of benzene rings is 2. The third-order valence-electron chi connectivity index (χ3n) is 5.12. The maximum atomic E-state index is 13.4. The van der Waals surface area contributed by atoms with E-state index in [1.165, 1.54) is 6.07 Å². The lowest BCUT2D eigenvalue weighted by Crippen LogP contribution is -2.44. The minimum atomic E-state index is -0.832. The average Bonchev–Trinajstić information content (AvgIpc) is 2.74. The normalized spacial score (nSPS) is 15.1.